The molecule has 14 heavy (non-hydrogen) atoms. The van der Waals surface area contributed by atoms with Crippen molar-refractivity contribution in [1.29, 1.82) is 0 Å². The van der Waals surface area contributed by atoms with Crippen molar-refractivity contribution in [2.45, 2.75) is 32.6 Å². The van der Waals surface area contributed by atoms with E-state index >= 15 is 0 Å². The number of fused-ring (bicyclic) bond motifs is 1. The van der Waals surface area contributed by atoms with Crippen LogP contribution in [0.3, 0.4) is 0 Å². The SMILES string of the molecule is C=C1C(=C)[C@@H](C)CCC2=CCCC=C12. The third-order valence-corrected chi connectivity index (χ3v) is 3.41. The third-order valence-electron chi connectivity index (χ3n) is 3.41. The van der Waals surface area contributed by atoms with Gasteiger partial charge in [0.05, 0.1) is 0 Å². The Balaban J connectivity index is 2.38. The van der Waals surface area contributed by atoms with Gasteiger partial charge in [0, 0.05) is 0 Å². The molecule has 1 atom stereocenters. The molecule has 74 valence electrons. The van der Waals surface area contributed by atoms with E-state index in [2.05, 4.69) is 32.2 Å². The van der Waals surface area contributed by atoms with Crippen LogP contribution in [-0.2, 0) is 0 Å². The van der Waals surface area contributed by atoms with E-state index in [4.69, 9.17) is 0 Å². The van der Waals surface area contributed by atoms with E-state index < -0.39 is 0 Å². The summed E-state index contributed by atoms with van der Waals surface area (Å²) in [4.78, 5) is 0. The number of rotatable bonds is 0. The third kappa shape index (κ3) is 1.50. The second-order valence-electron chi connectivity index (χ2n) is 4.37. The van der Waals surface area contributed by atoms with Crippen LogP contribution in [0.25, 0.3) is 0 Å². The van der Waals surface area contributed by atoms with Gasteiger partial charge in [0.2, 0.25) is 0 Å². The van der Waals surface area contributed by atoms with Crippen LogP contribution in [0, 0.1) is 5.92 Å². The molecule has 2 rings (SSSR count). The van der Waals surface area contributed by atoms with Crippen molar-refractivity contribution in [2.75, 3.05) is 0 Å². The number of hydrogen-bond acceptors (Lipinski definition) is 0. The zero-order chi connectivity index (χ0) is 10.1. The van der Waals surface area contributed by atoms with Crippen molar-refractivity contribution in [2.24, 2.45) is 5.92 Å². The predicted molar refractivity (Wildman–Crippen MR) is 62.1 cm³/mol. The Kier molecular flexibility index (Phi) is 2.45. The Bertz CT molecular complexity index is 339. The molecule has 0 amide bonds. The predicted octanol–water partition coefficient (Wildman–Crippen LogP) is 4.18. The zero-order valence-electron chi connectivity index (χ0n) is 8.97. The van der Waals surface area contributed by atoms with Crippen LogP contribution < -0.4 is 0 Å². The molecule has 0 spiro atoms. The van der Waals surface area contributed by atoms with Gasteiger partial charge in [0.1, 0.15) is 0 Å². The number of allylic oxidation sites excluding steroid dienone is 6. The van der Waals surface area contributed by atoms with Crippen LogP contribution in [0.2, 0.25) is 0 Å². The first-order valence-electron chi connectivity index (χ1n) is 5.48. The van der Waals surface area contributed by atoms with Crippen LogP contribution >= 0.6 is 0 Å². The summed E-state index contributed by atoms with van der Waals surface area (Å²) in [6.07, 6.45) is 9.51. The first-order valence-corrected chi connectivity index (χ1v) is 5.48. The van der Waals surface area contributed by atoms with Crippen molar-refractivity contribution in [3.8, 4) is 0 Å². The molecule has 0 bridgehead atoms. The van der Waals surface area contributed by atoms with Crippen LogP contribution in [0.15, 0.2) is 47.6 Å². The summed E-state index contributed by atoms with van der Waals surface area (Å²) in [6, 6.07) is 0. The van der Waals surface area contributed by atoms with E-state index in [1.807, 2.05) is 0 Å². The van der Waals surface area contributed by atoms with Gasteiger partial charge in [-0.25, -0.2) is 0 Å². The molecule has 0 heteroatoms. The Morgan fingerprint density at radius 1 is 1.21 bits per heavy atom. The van der Waals surface area contributed by atoms with E-state index in [0.717, 1.165) is 0 Å². The molecule has 0 unspecified atom stereocenters. The largest absolute Gasteiger partial charge is 0.0950 e. The van der Waals surface area contributed by atoms with Gasteiger partial charge < -0.3 is 0 Å². The molecule has 0 aromatic heterocycles. The second-order valence-corrected chi connectivity index (χ2v) is 4.37. The Labute approximate surface area is 86.7 Å². The quantitative estimate of drug-likeness (QED) is 0.532. The van der Waals surface area contributed by atoms with Crippen molar-refractivity contribution < 1.29 is 0 Å². The first-order chi connectivity index (χ1) is 6.70. The minimum absolute atomic E-state index is 0.592. The zero-order valence-corrected chi connectivity index (χ0v) is 8.97. The Morgan fingerprint density at radius 3 is 2.71 bits per heavy atom. The molecule has 0 nitrogen and oxygen atoms in total. The lowest BCUT2D eigenvalue weighted by atomic mass is 9.89. The van der Waals surface area contributed by atoms with Crippen LogP contribution in [0.4, 0.5) is 0 Å². The maximum absolute atomic E-state index is 4.18. The van der Waals surface area contributed by atoms with Crippen LogP contribution in [0.1, 0.15) is 32.6 Å². The van der Waals surface area contributed by atoms with Gasteiger partial charge in [-0.1, -0.05) is 32.2 Å². The van der Waals surface area contributed by atoms with Crippen LogP contribution in [0.5, 0.6) is 0 Å². The fourth-order valence-electron chi connectivity index (χ4n) is 2.30. The average molecular weight is 186 g/mol. The summed E-state index contributed by atoms with van der Waals surface area (Å²) < 4.78 is 0. The van der Waals surface area contributed by atoms with E-state index in [1.165, 1.54) is 48.0 Å². The molecule has 0 aliphatic heterocycles. The summed E-state index contributed by atoms with van der Waals surface area (Å²) >= 11 is 0. The fraction of sp³-hybridized carbons (Fsp3) is 0.429. The lowest BCUT2D eigenvalue weighted by Crippen LogP contribution is -1.98. The maximum atomic E-state index is 4.18. The van der Waals surface area contributed by atoms with Gasteiger partial charge in [-0.15, -0.1) is 0 Å². The van der Waals surface area contributed by atoms with Gasteiger partial charge in [0.25, 0.3) is 0 Å². The van der Waals surface area contributed by atoms with E-state index in [9.17, 15) is 0 Å². The molecular formula is C14H18. The van der Waals surface area contributed by atoms with Gasteiger partial charge in [-0.2, -0.15) is 0 Å². The highest BCUT2D eigenvalue weighted by molar-refractivity contribution is 5.56. The Hall–Kier alpha value is -1.04. The highest BCUT2D eigenvalue weighted by atomic mass is 14.3. The molecule has 0 heterocycles. The fourth-order valence-corrected chi connectivity index (χ4v) is 2.30. The summed E-state index contributed by atoms with van der Waals surface area (Å²) in [6.45, 7) is 10.6. The molecule has 0 aromatic carbocycles. The van der Waals surface area contributed by atoms with Gasteiger partial charge in [0.15, 0.2) is 0 Å². The lowest BCUT2D eigenvalue weighted by Gasteiger charge is -2.16. The molecule has 1 fully saturated rings. The minimum atomic E-state index is 0.592. The van der Waals surface area contributed by atoms with Gasteiger partial charge in [-0.3, -0.25) is 0 Å². The summed E-state index contributed by atoms with van der Waals surface area (Å²) in [7, 11) is 0. The number of hydrogen-bond donors (Lipinski definition) is 0. The molecule has 1 saturated carbocycles. The molecule has 0 aromatic rings. The Morgan fingerprint density at radius 2 is 1.93 bits per heavy atom. The first kappa shape index (κ1) is 9.51. The molecule has 2 aliphatic carbocycles. The van der Waals surface area contributed by atoms with Crippen LogP contribution in [-0.4, -0.2) is 0 Å². The normalized spacial score (nSPS) is 27.6. The highest BCUT2D eigenvalue weighted by Gasteiger charge is 2.21. The summed E-state index contributed by atoms with van der Waals surface area (Å²) in [5.41, 5.74) is 5.31. The topological polar surface area (TPSA) is 0 Å². The molecule has 0 radical (unpaired) electrons. The second kappa shape index (κ2) is 3.61. The monoisotopic (exact) mass is 186 g/mol. The van der Waals surface area contributed by atoms with E-state index in [0.29, 0.717) is 5.92 Å². The minimum Gasteiger partial charge on any atom is -0.0950 e. The molecular weight excluding hydrogens is 168 g/mol. The van der Waals surface area contributed by atoms with E-state index in [1.54, 1.807) is 0 Å². The molecule has 0 saturated heterocycles. The molecule has 0 N–H and O–H groups in total. The smallest absolute Gasteiger partial charge is 0.0187 e. The summed E-state index contributed by atoms with van der Waals surface area (Å²) in [5.74, 6) is 0.592. The van der Waals surface area contributed by atoms with Crippen molar-refractivity contribution in [3.05, 3.63) is 47.6 Å². The lowest BCUT2D eigenvalue weighted by molar-refractivity contribution is 0.634. The maximum Gasteiger partial charge on any atom is -0.0187 e. The van der Waals surface area contributed by atoms with E-state index in [-0.39, 0.29) is 0 Å². The van der Waals surface area contributed by atoms with Crippen molar-refractivity contribution >= 4 is 0 Å². The van der Waals surface area contributed by atoms with Gasteiger partial charge >= 0.3 is 0 Å². The standard InChI is InChI=1S/C14H18/c1-10-8-9-13-6-4-5-7-14(13)12(3)11(10)2/h6-7,10H,2-5,8-9H2,1H3/t10-/m0/s1. The molecule has 2 aliphatic rings. The summed E-state index contributed by atoms with van der Waals surface area (Å²) in [5, 5.41) is 0. The average Bonchev–Trinajstić information content (AvgIpc) is 2.32. The van der Waals surface area contributed by atoms with Crippen molar-refractivity contribution in [3.63, 3.8) is 0 Å². The van der Waals surface area contributed by atoms with Crippen molar-refractivity contribution in [1.82, 2.24) is 0 Å². The highest BCUT2D eigenvalue weighted by Crippen LogP contribution is 2.38. The van der Waals surface area contributed by atoms with Gasteiger partial charge in [-0.05, 0) is 53.9 Å².